The van der Waals surface area contributed by atoms with Crippen LogP contribution in [0.4, 0.5) is 5.69 Å². The van der Waals surface area contributed by atoms with E-state index in [4.69, 9.17) is 4.74 Å². The quantitative estimate of drug-likeness (QED) is 0.768. The van der Waals surface area contributed by atoms with Crippen molar-refractivity contribution in [2.24, 2.45) is 11.8 Å². The van der Waals surface area contributed by atoms with E-state index < -0.39 is 5.92 Å². The van der Waals surface area contributed by atoms with Gasteiger partial charge in [-0.05, 0) is 42.9 Å². The van der Waals surface area contributed by atoms with E-state index in [-0.39, 0.29) is 11.8 Å². The molecule has 0 spiro atoms. The van der Waals surface area contributed by atoms with E-state index in [9.17, 15) is 9.59 Å². The first-order valence-corrected chi connectivity index (χ1v) is 9.56. The average molecular weight is 364 g/mol. The van der Waals surface area contributed by atoms with Crippen molar-refractivity contribution in [3.8, 4) is 5.75 Å². The van der Waals surface area contributed by atoms with Gasteiger partial charge in [0.1, 0.15) is 18.3 Å². The van der Waals surface area contributed by atoms with Gasteiger partial charge in [-0.1, -0.05) is 36.4 Å². The Morgan fingerprint density at radius 1 is 1.07 bits per heavy atom. The van der Waals surface area contributed by atoms with E-state index in [2.05, 4.69) is 5.32 Å². The highest BCUT2D eigenvalue weighted by Gasteiger charge is 2.38. The van der Waals surface area contributed by atoms with Crippen LogP contribution in [0.5, 0.6) is 5.75 Å². The van der Waals surface area contributed by atoms with Crippen molar-refractivity contribution in [3.63, 3.8) is 0 Å². The van der Waals surface area contributed by atoms with Crippen LogP contribution in [-0.4, -0.2) is 24.9 Å². The Hall–Kier alpha value is -2.82. The van der Waals surface area contributed by atoms with E-state index in [0.29, 0.717) is 37.8 Å². The van der Waals surface area contributed by atoms with Gasteiger partial charge in [0.25, 0.3) is 0 Å². The fraction of sp³-hybridized carbons (Fsp3) is 0.364. The second-order valence-electron chi connectivity index (χ2n) is 7.29. The number of ether oxygens (including phenoxy) is 1. The highest BCUT2D eigenvalue weighted by Crippen LogP contribution is 2.30. The lowest BCUT2D eigenvalue weighted by molar-refractivity contribution is -0.132. The molecule has 5 nitrogen and oxygen atoms in total. The van der Waals surface area contributed by atoms with E-state index in [0.717, 1.165) is 11.3 Å². The molecule has 0 unspecified atom stereocenters. The molecule has 2 aliphatic rings. The maximum atomic E-state index is 12.7. The first-order chi connectivity index (χ1) is 13.2. The van der Waals surface area contributed by atoms with Crippen molar-refractivity contribution < 1.29 is 14.3 Å². The minimum absolute atomic E-state index is 0.122. The van der Waals surface area contributed by atoms with Gasteiger partial charge in [-0.15, -0.1) is 0 Å². The average Bonchev–Trinajstić information content (AvgIpc) is 3.46. The van der Waals surface area contributed by atoms with Crippen LogP contribution in [0.3, 0.4) is 0 Å². The van der Waals surface area contributed by atoms with Crippen LogP contribution in [0.1, 0.15) is 24.8 Å². The normalized spacial score (nSPS) is 19.2. The van der Waals surface area contributed by atoms with Crippen molar-refractivity contribution >= 4 is 17.5 Å². The van der Waals surface area contributed by atoms with Gasteiger partial charge >= 0.3 is 0 Å². The zero-order chi connectivity index (χ0) is 18.6. The Morgan fingerprint density at radius 2 is 1.89 bits per heavy atom. The molecular weight excluding hydrogens is 340 g/mol. The lowest BCUT2D eigenvalue weighted by Gasteiger charge is -2.18. The molecule has 0 aromatic heterocycles. The predicted octanol–water partition coefficient (Wildman–Crippen LogP) is 3.14. The summed E-state index contributed by atoms with van der Waals surface area (Å²) in [7, 11) is 0. The molecule has 2 aromatic carbocycles. The largest absolute Gasteiger partial charge is 0.489 e. The van der Waals surface area contributed by atoms with Gasteiger partial charge in [-0.25, -0.2) is 0 Å². The Morgan fingerprint density at radius 3 is 2.67 bits per heavy atom. The maximum absolute atomic E-state index is 12.7. The van der Waals surface area contributed by atoms with Crippen LogP contribution >= 0.6 is 0 Å². The van der Waals surface area contributed by atoms with Crippen LogP contribution in [0, 0.1) is 11.8 Å². The van der Waals surface area contributed by atoms with Crippen LogP contribution in [0.15, 0.2) is 54.6 Å². The molecule has 5 heteroatoms. The Kier molecular flexibility index (Phi) is 5.10. The number of benzene rings is 2. The zero-order valence-corrected chi connectivity index (χ0v) is 15.3. The molecule has 2 amide bonds. The summed E-state index contributed by atoms with van der Waals surface area (Å²) in [5.41, 5.74) is 1.87. The Labute approximate surface area is 159 Å². The molecule has 0 bridgehead atoms. The molecule has 1 heterocycles. The predicted molar refractivity (Wildman–Crippen MR) is 103 cm³/mol. The molecule has 27 heavy (non-hydrogen) atoms. The molecule has 140 valence electrons. The van der Waals surface area contributed by atoms with E-state index in [1.54, 1.807) is 4.90 Å². The number of hydrogen-bond donors (Lipinski definition) is 1. The van der Waals surface area contributed by atoms with Crippen LogP contribution in [0.25, 0.3) is 0 Å². The molecule has 1 N–H and O–H groups in total. The summed E-state index contributed by atoms with van der Waals surface area (Å²) in [5.74, 6) is 0.498. The third-order valence-corrected chi connectivity index (χ3v) is 5.16. The molecule has 4 rings (SSSR count). The van der Waals surface area contributed by atoms with Gasteiger partial charge in [-0.2, -0.15) is 0 Å². The first kappa shape index (κ1) is 17.6. The van der Waals surface area contributed by atoms with Gasteiger partial charge in [0.2, 0.25) is 11.8 Å². The third-order valence-electron chi connectivity index (χ3n) is 5.16. The first-order valence-electron chi connectivity index (χ1n) is 9.56. The van der Waals surface area contributed by atoms with Gasteiger partial charge < -0.3 is 15.0 Å². The number of carbonyl (C=O) groups excluding carboxylic acids is 2. The van der Waals surface area contributed by atoms with Gasteiger partial charge in [-0.3, -0.25) is 9.59 Å². The van der Waals surface area contributed by atoms with Crippen molar-refractivity contribution in [3.05, 3.63) is 60.2 Å². The second-order valence-corrected chi connectivity index (χ2v) is 7.29. The van der Waals surface area contributed by atoms with Crippen LogP contribution < -0.4 is 15.0 Å². The number of amides is 2. The molecule has 1 saturated carbocycles. The summed E-state index contributed by atoms with van der Waals surface area (Å²) in [6.45, 7) is 1.73. The highest BCUT2D eigenvalue weighted by atomic mass is 16.5. The lowest BCUT2D eigenvalue weighted by Crippen LogP contribution is -2.37. The van der Waals surface area contributed by atoms with Gasteiger partial charge in [0.05, 0.1) is 0 Å². The van der Waals surface area contributed by atoms with E-state index in [1.807, 2.05) is 54.6 Å². The number of carbonyl (C=O) groups is 2. The monoisotopic (exact) mass is 364 g/mol. The smallest absolute Gasteiger partial charge is 0.239 e. The number of hydrogen-bond acceptors (Lipinski definition) is 3. The highest BCUT2D eigenvalue weighted by molar-refractivity contribution is 6.09. The molecular formula is C22H24N2O3. The standard InChI is InChI=1S/C22H24N2O3/c25-21(23-14-16-9-10-16)20-11-12-24(22(20)26)18-7-4-8-19(13-18)27-15-17-5-2-1-3-6-17/h1-8,13,16,20H,9-12,14-15H2,(H,23,25)/t20-/m0/s1. The molecule has 1 saturated heterocycles. The molecule has 2 aromatic rings. The molecule has 2 fully saturated rings. The Balaban J connectivity index is 1.38. The second kappa shape index (κ2) is 7.82. The van der Waals surface area contributed by atoms with Crippen LogP contribution in [0.2, 0.25) is 0 Å². The fourth-order valence-electron chi connectivity index (χ4n) is 3.35. The zero-order valence-electron chi connectivity index (χ0n) is 15.3. The minimum Gasteiger partial charge on any atom is -0.489 e. The third kappa shape index (κ3) is 4.30. The topological polar surface area (TPSA) is 58.6 Å². The minimum atomic E-state index is -0.572. The van der Waals surface area contributed by atoms with Crippen molar-refractivity contribution in [2.45, 2.75) is 25.9 Å². The maximum Gasteiger partial charge on any atom is 0.239 e. The Bertz CT molecular complexity index is 817. The summed E-state index contributed by atoms with van der Waals surface area (Å²) < 4.78 is 5.86. The van der Waals surface area contributed by atoms with Crippen molar-refractivity contribution in [1.29, 1.82) is 0 Å². The van der Waals surface area contributed by atoms with Crippen LogP contribution in [-0.2, 0) is 16.2 Å². The summed E-state index contributed by atoms with van der Waals surface area (Å²) in [6.07, 6.45) is 2.92. The molecule has 0 radical (unpaired) electrons. The summed E-state index contributed by atoms with van der Waals surface area (Å²) in [4.78, 5) is 26.7. The molecule has 1 aliphatic heterocycles. The number of nitrogens with one attached hydrogen (secondary N) is 1. The summed E-state index contributed by atoms with van der Waals surface area (Å²) in [5, 5.41) is 2.93. The molecule has 1 atom stereocenters. The summed E-state index contributed by atoms with van der Waals surface area (Å²) in [6, 6.07) is 17.5. The number of rotatable bonds is 7. The number of nitrogens with zero attached hydrogens (tertiary/aromatic N) is 1. The van der Waals surface area contributed by atoms with Gasteiger partial charge in [0.15, 0.2) is 0 Å². The van der Waals surface area contributed by atoms with E-state index >= 15 is 0 Å². The summed E-state index contributed by atoms with van der Waals surface area (Å²) >= 11 is 0. The molecule has 1 aliphatic carbocycles. The van der Waals surface area contributed by atoms with Gasteiger partial charge in [0, 0.05) is 24.8 Å². The van der Waals surface area contributed by atoms with Crippen molar-refractivity contribution in [1.82, 2.24) is 5.32 Å². The number of anilines is 1. The van der Waals surface area contributed by atoms with Crippen molar-refractivity contribution in [2.75, 3.05) is 18.0 Å². The SMILES string of the molecule is O=C(NCC1CC1)[C@@H]1CCN(c2cccc(OCc3ccccc3)c2)C1=O. The fourth-order valence-corrected chi connectivity index (χ4v) is 3.35. The van der Waals surface area contributed by atoms with E-state index in [1.165, 1.54) is 12.8 Å². The lowest BCUT2D eigenvalue weighted by atomic mass is 10.1.